The second kappa shape index (κ2) is 4.90. The molecule has 0 saturated heterocycles. The van der Waals surface area contributed by atoms with Crippen molar-refractivity contribution in [1.29, 1.82) is 0 Å². The van der Waals surface area contributed by atoms with Crippen molar-refractivity contribution in [3.63, 3.8) is 0 Å². The normalized spacial score (nSPS) is 25.4. The van der Waals surface area contributed by atoms with E-state index in [1.165, 1.54) is 36.9 Å². The van der Waals surface area contributed by atoms with Crippen molar-refractivity contribution in [2.24, 2.45) is 5.92 Å². The monoisotopic (exact) mass is 217 g/mol. The van der Waals surface area contributed by atoms with Crippen LogP contribution in [-0.2, 0) is 0 Å². The summed E-state index contributed by atoms with van der Waals surface area (Å²) in [5.74, 6) is 0.832. The predicted molar refractivity (Wildman–Crippen MR) is 71.0 cm³/mol. The zero-order valence-corrected chi connectivity index (χ0v) is 10.7. The first kappa shape index (κ1) is 11.5. The van der Waals surface area contributed by atoms with Crippen LogP contribution in [0.2, 0.25) is 0 Å². The van der Waals surface area contributed by atoms with Crippen molar-refractivity contribution in [2.45, 2.75) is 45.6 Å². The topological polar surface area (TPSA) is 3.24 Å². The minimum atomic E-state index is 0.731. The Morgan fingerprint density at radius 1 is 1.12 bits per heavy atom. The maximum atomic E-state index is 2.50. The van der Waals surface area contributed by atoms with Crippen molar-refractivity contribution in [3.8, 4) is 0 Å². The van der Waals surface area contributed by atoms with Crippen LogP contribution >= 0.6 is 0 Å². The number of rotatable bonds is 2. The number of anilines is 1. The van der Waals surface area contributed by atoms with E-state index in [9.17, 15) is 0 Å². The lowest BCUT2D eigenvalue weighted by Gasteiger charge is -2.38. The van der Waals surface area contributed by atoms with Crippen molar-refractivity contribution >= 4 is 5.69 Å². The Labute approximate surface area is 99.5 Å². The Morgan fingerprint density at radius 3 is 2.50 bits per heavy atom. The Bertz CT molecular complexity index is 345. The standard InChI is InChI=1S/C15H23N/c1-12-8-4-6-10-14(12)16(3)15-11-7-5-9-13(15)2/h4,6,8,10,13,15H,5,7,9,11H2,1-3H3/t13?,15-/m0/s1. The highest BCUT2D eigenvalue weighted by molar-refractivity contribution is 5.53. The van der Waals surface area contributed by atoms with Crippen LogP contribution in [0.25, 0.3) is 0 Å². The van der Waals surface area contributed by atoms with Crippen LogP contribution in [0.1, 0.15) is 38.2 Å². The summed E-state index contributed by atoms with van der Waals surface area (Å²) in [6.07, 6.45) is 5.55. The molecule has 16 heavy (non-hydrogen) atoms. The lowest BCUT2D eigenvalue weighted by Crippen LogP contribution is -2.39. The largest absolute Gasteiger partial charge is 0.371 e. The number of nitrogens with zero attached hydrogens (tertiary/aromatic N) is 1. The van der Waals surface area contributed by atoms with Crippen molar-refractivity contribution in [3.05, 3.63) is 29.8 Å². The Morgan fingerprint density at radius 2 is 1.81 bits per heavy atom. The summed E-state index contributed by atoms with van der Waals surface area (Å²) in [6.45, 7) is 4.61. The van der Waals surface area contributed by atoms with E-state index in [4.69, 9.17) is 0 Å². The van der Waals surface area contributed by atoms with E-state index in [1.807, 2.05) is 0 Å². The molecule has 0 heterocycles. The van der Waals surface area contributed by atoms with Gasteiger partial charge in [-0.3, -0.25) is 0 Å². The fraction of sp³-hybridized carbons (Fsp3) is 0.600. The number of hydrogen-bond donors (Lipinski definition) is 0. The molecule has 0 N–H and O–H groups in total. The van der Waals surface area contributed by atoms with Gasteiger partial charge in [-0.15, -0.1) is 0 Å². The van der Waals surface area contributed by atoms with Gasteiger partial charge in [-0.05, 0) is 37.3 Å². The third-order valence-electron chi connectivity index (χ3n) is 4.06. The van der Waals surface area contributed by atoms with Gasteiger partial charge < -0.3 is 4.90 Å². The molecular weight excluding hydrogens is 194 g/mol. The van der Waals surface area contributed by atoms with Gasteiger partial charge in [0.15, 0.2) is 0 Å². The molecule has 2 rings (SSSR count). The third-order valence-corrected chi connectivity index (χ3v) is 4.06. The van der Waals surface area contributed by atoms with Gasteiger partial charge in [0.05, 0.1) is 0 Å². The van der Waals surface area contributed by atoms with Crippen molar-refractivity contribution in [1.82, 2.24) is 0 Å². The molecule has 2 atom stereocenters. The lowest BCUT2D eigenvalue weighted by atomic mass is 9.85. The summed E-state index contributed by atoms with van der Waals surface area (Å²) in [7, 11) is 2.26. The predicted octanol–water partition coefficient (Wildman–Crippen LogP) is 4.01. The van der Waals surface area contributed by atoms with E-state index in [-0.39, 0.29) is 0 Å². The van der Waals surface area contributed by atoms with Crippen LogP contribution in [0, 0.1) is 12.8 Å². The molecule has 1 aliphatic rings. The van der Waals surface area contributed by atoms with Gasteiger partial charge in [-0.25, -0.2) is 0 Å². The smallest absolute Gasteiger partial charge is 0.0395 e. The maximum absolute atomic E-state index is 2.50. The zero-order valence-electron chi connectivity index (χ0n) is 10.7. The van der Waals surface area contributed by atoms with Gasteiger partial charge >= 0.3 is 0 Å². The summed E-state index contributed by atoms with van der Waals surface area (Å²) in [5, 5.41) is 0. The first-order valence-corrected chi connectivity index (χ1v) is 6.48. The molecule has 1 aromatic carbocycles. The second-order valence-corrected chi connectivity index (χ2v) is 5.23. The molecule has 88 valence electrons. The molecule has 1 aliphatic carbocycles. The quantitative estimate of drug-likeness (QED) is 0.723. The molecule has 1 unspecified atom stereocenters. The number of aryl methyl sites for hydroxylation is 1. The Balaban J connectivity index is 2.17. The summed E-state index contributed by atoms with van der Waals surface area (Å²) in [4.78, 5) is 2.50. The first-order valence-electron chi connectivity index (χ1n) is 6.48. The highest BCUT2D eigenvalue weighted by atomic mass is 15.1. The van der Waals surface area contributed by atoms with Gasteiger partial charge in [0.1, 0.15) is 0 Å². The summed E-state index contributed by atoms with van der Waals surface area (Å²) in [5.41, 5.74) is 2.80. The van der Waals surface area contributed by atoms with E-state index in [0.717, 1.165) is 12.0 Å². The molecule has 0 aliphatic heterocycles. The van der Waals surface area contributed by atoms with Gasteiger partial charge in [0.2, 0.25) is 0 Å². The molecule has 0 spiro atoms. The minimum absolute atomic E-state index is 0.731. The highest BCUT2D eigenvalue weighted by Crippen LogP contribution is 2.31. The van der Waals surface area contributed by atoms with Crippen LogP contribution < -0.4 is 4.90 Å². The SMILES string of the molecule is Cc1ccccc1N(C)[C@H]1CCCCC1C. The second-order valence-electron chi connectivity index (χ2n) is 5.23. The summed E-state index contributed by atoms with van der Waals surface area (Å²) in [6, 6.07) is 9.45. The minimum Gasteiger partial charge on any atom is -0.371 e. The van der Waals surface area contributed by atoms with Crippen LogP contribution in [0.4, 0.5) is 5.69 Å². The van der Waals surface area contributed by atoms with Gasteiger partial charge in [0, 0.05) is 18.8 Å². The van der Waals surface area contributed by atoms with Gasteiger partial charge in [0.25, 0.3) is 0 Å². The van der Waals surface area contributed by atoms with E-state index in [0.29, 0.717) is 0 Å². The molecule has 1 fully saturated rings. The average molecular weight is 217 g/mol. The molecule has 0 amide bonds. The number of para-hydroxylation sites is 1. The fourth-order valence-corrected chi connectivity index (χ4v) is 3.01. The van der Waals surface area contributed by atoms with E-state index in [2.05, 4.69) is 50.1 Å². The maximum Gasteiger partial charge on any atom is 0.0395 e. The van der Waals surface area contributed by atoms with Crippen molar-refractivity contribution in [2.75, 3.05) is 11.9 Å². The van der Waals surface area contributed by atoms with E-state index in [1.54, 1.807) is 0 Å². The van der Waals surface area contributed by atoms with E-state index >= 15 is 0 Å². The molecule has 1 heteroatoms. The van der Waals surface area contributed by atoms with Crippen molar-refractivity contribution < 1.29 is 0 Å². The number of benzene rings is 1. The molecular formula is C15H23N. The molecule has 0 aromatic heterocycles. The van der Waals surface area contributed by atoms with E-state index < -0.39 is 0 Å². The number of hydrogen-bond acceptors (Lipinski definition) is 1. The Hall–Kier alpha value is -0.980. The summed E-state index contributed by atoms with van der Waals surface area (Å²) >= 11 is 0. The van der Waals surface area contributed by atoms with Crippen LogP contribution in [0.3, 0.4) is 0 Å². The average Bonchev–Trinajstić information content (AvgIpc) is 2.29. The highest BCUT2D eigenvalue weighted by Gasteiger charge is 2.25. The molecule has 0 bridgehead atoms. The van der Waals surface area contributed by atoms with Gasteiger partial charge in [-0.1, -0.05) is 38.0 Å². The molecule has 1 nitrogen and oxygen atoms in total. The summed E-state index contributed by atoms with van der Waals surface area (Å²) < 4.78 is 0. The zero-order chi connectivity index (χ0) is 11.5. The fourth-order valence-electron chi connectivity index (χ4n) is 3.01. The van der Waals surface area contributed by atoms with Gasteiger partial charge in [-0.2, -0.15) is 0 Å². The molecule has 1 saturated carbocycles. The van der Waals surface area contributed by atoms with Crippen LogP contribution in [-0.4, -0.2) is 13.1 Å². The molecule has 1 aromatic rings. The van der Waals surface area contributed by atoms with Crippen LogP contribution in [0.5, 0.6) is 0 Å². The first-order chi connectivity index (χ1) is 7.70. The lowest BCUT2D eigenvalue weighted by molar-refractivity contribution is 0.321. The van der Waals surface area contributed by atoms with Crippen LogP contribution in [0.15, 0.2) is 24.3 Å². The third kappa shape index (κ3) is 2.23. The Kier molecular flexibility index (Phi) is 3.52. The molecule has 0 radical (unpaired) electrons.